The maximum Gasteiger partial charge on any atom is 0.259 e. The van der Waals surface area contributed by atoms with Crippen molar-refractivity contribution in [3.63, 3.8) is 0 Å². The first-order chi connectivity index (χ1) is 14.4. The van der Waals surface area contributed by atoms with Gasteiger partial charge in [0.25, 0.3) is 5.91 Å². The predicted octanol–water partition coefficient (Wildman–Crippen LogP) is 4.38. The number of nitrogens with one attached hydrogen (secondary N) is 1. The monoisotopic (exact) mass is 439 g/mol. The molecule has 0 unspecified atom stereocenters. The number of carbonyl (C=O) groups is 1. The molecule has 3 aromatic rings. The van der Waals surface area contributed by atoms with Crippen LogP contribution in [0.4, 0.5) is 5.69 Å². The molecule has 2 aromatic carbocycles. The van der Waals surface area contributed by atoms with Gasteiger partial charge >= 0.3 is 0 Å². The number of primary sulfonamides is 1. The highest BCUT2D eigenvalue weighted by molar-refractivity contribution is 7.89. The number of rotatable bonds is 5. The second kappa shape index (κ2) is 8.49. The number of amides is 1. The second-order valence-corrected chi connectivity index (χ2v) is 9.74. The number of aromatic nitrogens is 1. The fourth-order valence-electron chi connectivity index (χ4n) is 2.91. The molecule has 0 radical (unpaired) electrons. The third-order valence-electron chi connectivity index (χ3n) is 4.69. The summed E-state index contributed by atoms with van der Waals surface area (Å²) in [6.45, 7) is 8.03. The molecule has 1 amide bonds. The first-order valence-electron chi connectivity index (χ1n) is 9.63. The lowest BCUT2D eigenvalue weighted by atomic mass is 9.86. The maximum atomic E-state index is 13.0. The molecule has 0 fully saturated rings. The van der Waals surface area contributed by atoms with E-state index in [4.69, 9.17) is 9.88 Å². The molecule has 0 aliphatic heterocycles. The molecule has 0 aliphatic rings. The van der Waals surface area contributed by atoms with Crippen molar-refractivity contribution >= 4 is 21.6 Å². The van der Waals surface area contributed by atoms with E-state index in [1.54, 1.807) is 30.5 Å². The number of pyridine rings is 1. The van der Waals surface area contributed by atoms with Crippen molar-refractivity contribution in [2.75, 3.05) is 5.32 Å². The van der Waals surface area contributed by atoms with Gasteiger partial charge in [-0.15, -0.1) is 0 Å². The Morgan fingerprint density at radius 3 is 2.42 bits per heavy atom. The normalized spacial score (nSPS) is 11.8. The van der Waals surface area contributed by atoms with Crippen LogP contribution in [0.3, 0.4) is 0 Å². The number of hydrogen-bond acceptors (Lipinski definition) is 5. The van der Waals surface area contributed by atoms with E-state index >= 15 is 0 Å². The van der Waals surface area contributed by atoms with Gasteiger partial charge in [0.05, 0.1) is 16.2 Å². The highest BCUT2D eigenvalue weighted by atomic mass is 32.2. The number of carbonyl (C=O) groups excluding carboxylic acids is 1. The quantitative estimate of drug-likeness (QED) is 0.613. The third-order valence-corrected chi connectivity index (χ3v) is 5.60. The molecule has 0 atom stereocenters. The summed E-state index contributed by atoms with van der Waals surface area (Å²) in [6, 6.07) is 14.7. The first kappa shape index (κ1) is 22.5. The summed E-state index contributed by atoms with van der Waals surface area (Å²) >= 11 is 0. The average molecular weight is 440 g/mol. The van der Waals surface area contributed by atoms with Gasteiger partial charge in [0, 0.05) is 11.9 Å². The molecule has 7 nitrogen and oxygen atoms in total. The number of benzene rings is 2. The second-order valence-electron chi connectivity index (χ2n) is 8.18. The van der Waals surface area contributed by atoms with E-state index in [1.807, 2.05) is 19.1 Å². The van der Waals surface area contributed by atoms with E-state index < -0.39 is 15.9 Å². The Morgan fingerprint density at radius 2 is 1.77 bits per heavy atom. The molecule has 0 aliphatic carbocycles. The lowest BCUT2D eigenvalue weighted by molar-refractivity contribution is 0.102. The van der Waals surface area contributed by atoms with Crippen LogP contribution in [0.15, 0.2) is 65.7 Å². The van der Waals surface area contributed by atoms with Crippen molar-refractivity contribution in [3.05, 3.63) is 77.6 Å². The van der Waals surface area contributed by atoms with Gasteiger partial charge in [0.1, 0.15) is 11.5 Å². The molecule has 1 aromatic heterocycles. The molecule has 3 N–H and O–H groups in total. The zero-order valence-corrected chi connectivity index (χ0v) is 18.7. The fraction of sp³-hybridized carbons (Fsp3) is 0.217. The van der Waals surface area contributed by atoms with E-state index in [0.717, 1.165) is 5.56 Å². The van der Waals surface area contributed by atoms with Crippen LogP contribution in [0.1, 0.15) is 42.4 Å². The van der Waals surface area contributed by atoms with Crippen LogP contribution in [0.2, 0.25) is 0 Å². The minimum absolute atomic E-state index is 0.0872. The minimum atomic E-state index is -3.88. The molecule has 1 heterocycles. The van der Waals surface area contributed by atoms with Crippen molar-refractivity contribution < 1.29 is 17.9 Å². The summed E-state index contributed by atoms with van der Waals surface area (Å²) < 4.78 is 29.3. The molecule has 31 heavy (non-hydrogen) atoms. The zero-order valence-electron chi connectivity index (χ0n) is 17.8. The Morgan fingerprint density at radius 1 is 1.03 bits per heavy atom. The van der Waals surface area contributed by atoms with E-state index in [9.17, 15) is 13.2 Å². The van der Waals surface area contributed by atoms with E-state index in [2.05, 4.69) is 31.1 Å². The number of aryl methyl sites for hydroxylation is 1. The van der Waals surface area contributed by atoms with Gasteiger partial charge in [-0.05, 0) is 60.4 Å². The van der Waals surface area contributed by atoms with Crippen LogP contribution in [0, 0.1) is 6.92 Å². The van der Waals surface area contributed by atoms with E-state index in [0.29, 0.717) is 28.4 Å². The summed E-state index contributed by atoms with van der Waals surface area (Å²) in [5, 5.41) is 7.90. The highest BCUT2D eigenvalue weighted by Crippen LogP contribution is 2.33. The van der Waals surface area contributed by atoms with E-state index in [1.165, 1.54) is 18.2 Å². The number of sulfonamides is 1. The number of nitrogens with two attached hydrogens (primary N) is 1. The van der Waals surface area contributed by atoms with Gasteiger partial charge in [-0.25, -0.2) is 13.6 Å². The standard InChI is InChI=1S/C23H25N3O4S/c1-15-20(9-6-12-25-15)30-21-13-16(23(2,3)4)10-11-19(21)22(27)26-17-7-5-8-18(14-17)31(24,28)29/h5-14H,1-4H3,(H,26,27)(H2,24,28,29). The SMILES string of the molecule is Cc1ncccc1Oc1cc(C(C)(C)C)ccc1C(=O)Nc1cccc(S(N)(=O)=O)c1. The van der Waals surface area contributed by atoms with Crippen molar-refractivity contribution in [1.82, 2.24) is 4.98 Å². The highest BCUT2D eigenvalue weighted by Gasteiger charge is 2.21. The van der Waals surface area contributed by atoms with Gasteiger partial charge in [-0.2, -0.15) is 0 Å². The molecule has 0 spiro atoms. The van der Waals surface area contributed by atoms with Crippen molar-refractivity contribution in [2.24, 2.45) is 5.14 Å². The number of hydrogen-bond donors (Lipinski definition) is 2. The summed E-state index contributed by atoms with van der Waals surface area (Å²) in [5.74, 6) is 0.478. The van der Waals surface area contributed by atoms with Gasteiger partial charge in [0.15, 0.2) is 0 Å². The molecular weight excluding hydrogens is 414 g/mol. The van der Waals surface area contributed by atoms with Crippen LogP contribution in [-0.2, 0) is 15.4 Å². The number of nitrogens with zero attached hydrogens (tertiary/aromatic N) is 1. The van der Waals surface area contributed by atoms with Crippen LogP contribution >= 0.6 is 0 Å². The number of ether oxygens (including phenoxy) is 1. The first-order valence-corrected chi connectivity index (χ1v) is 11.2. The summed E-state index contributed by atoms with van der Waals surface area (Å²) in [7, 11) is -3.88. The lowest BCUT2D eigenvalue weighted by Gasteiger charge is -2.21. The molecule has 3 rings (SSSR count). The predicted molar refractivity (Wildman–Crippen MR) is 120 cm³/mol. The van der Waals surface area contributed by atoms with Crippen LogP contribution < -0.4 is 15.2 Å². The Kier molecular flexibility index (Phi) is 6.15. The molecule has 0 bridgehead atoms. The zero-order chi connectivity index (χ0) is 22.8. The van der Waals surface area contributed by atoms with Crippen molar-refractivity contribution in [3.8, 4) is 11.5 Å². The van der Waals surface area contributed by atoms with Crippen LogP contribution in [-0.4, -0.2) is 19.3 Å². The molecule has 0 saturated carbocycles. The van der Waals surface area contributed by atoms with Crippen LogP contribution in [0.5, 0.6) is 11.5 Å². The molecule has 8 heteroatoms. The topological polar surface area (TPSA) is 111 Å². The summed E-state index contributed by atoms with van der Waals surface area (Å²) in [4.78, 5) is 17.2. The van der Waals surface area contributed by atoms with E-state index in [-0.39, 0.29) is 10.3 Å². The summed E-state index contributed by atoms with van der Waals surface area (Å²) in [6.07, 6.45) is 1.67. The third kappa shape index (κ3) is 5.48. The smallest absolute Gasteiger partial charge is 0.259 e. The van der Waals surface area contributed by atoms with Gasteiger partial charge in [-0.1, -0.05) is 32.9 Å². The average Bonchev–Trinajstić information content (AvgIpc) is 2.68. The van der Waals surface area contributed by atoms with Gasteiger partial charge < -0.3 is 10.1 Å². The Hall–Kier alpha value is -3.23. The van der Waals surface area contributed by atoms with Crippen molar-refractivity contribution in [2.45, 2.75) is 38.0 Å². The lowest BCUT2D eigenvalue weighted by Crippen LogP contribution is -2.17. The minimum Gasteiger partial charge on any atom is -0.455 e. The Labute approximate surface area is 182 Å². The molecule has 162 valence electrons. The summed E-state index contributed by atoms with van der Waals surface area (Å²) in [5.41, 5.74) is 2.14. The molecule has 0 saturated heterocycles. The Bertz CT molecular complexity index is 1230. The van der Waals surface area contributed by atoms with Gasteiger partial charge in [0.2, 0.25) is 10.0 Å². The maximum absolute atomic E-state index is 13.0. The number of anilines is 1. The van der Waals surface area contributed by atoms with Gasteiger partial charge in [-0.3, -0.25) is 9.78 Å². The van der Waals surface area contributed by atoms with Crippen molar-refractivity contribution in [1.29, 1.82) is 0 Å². The van der Waals surface area contributed by atoms with Crippen LogP contribution in [0.25, 0.3) is 0 Å². The largest absolute Gasteiger partial charge is 0.455 e. The fourth-order valence-corrected chi connectivity index (χ4v) is 3.47. The Balaban J connectivity index is 1.99. The molecular formula is C23H25N3O4S.